The van der Waals surface area contributed by atoms with E-state index in [4.69, 9.17) is 5.73 Å². The molecule has 5 nitrogen and oxygen atoms in total. The summed E-state index contributed by atoms with van der Waals surface area (Å²) in [6.07, 6.45) is 9.55. The van der Waals surface area contributed by atoms with Crippen LogP contribution in [-0.4, -0.2) is 25.9 Å². The van der Waals surface area contributed by atoms with Gasteiger partial charge >= 0.3 is 0 Å². The summed E-state index contributed by atoms with van der Waals surface area (Å²) in [7, 11) is 0. The molecule has 0 amide bonds. The molecule has 0 aliphatic carbocycles. The van der Waals surface area contributed by atoms with Crippen LogP contribution in [0.25, 0.3) is 5.69 Å². The van der Waals surface area contributed by atoms with Crippen LogP contribution in [0.4, 0.5) is 0 Å². The molecule has 108 valence electrons. The van der Waals surface area contributed by atoms with E-state index < -0.39 is 0 Å². The molecular weight excluding hydrogens is 262 g/mol. The lowest BCUT2D eigenvalue weighted by molar-refractivity contribution is 0.624. The summed E-state index contributed by atoms with van der Waals surface area (Å²) in [5.74, 6) is 1.05. The largest absolute Gasteiger partial charge is 0.335 e. The van der Waals surface area contributed by atoms with Crippen molar-refractivity contribution < 1.29 is 0 Å². The van der Waals surface area contributed by atoms with E-state index >= 15 is 0 Å². The number of hydrogen-bond donors (Lipinski definition) is 1. The average Bonchev–Trinajstić information content (AvgIpc) is 3.16. The fourth-order valence-electron chi connectivity index (χ4n) is 2.33. The smallest absolute Gasteiger partial charge is 0.113 e. The van der Waals surface area contributed by atoms with Crippen LogP contribution in [0, 0.1) is 0 Å². The molecular formula is C16H19N5. The summed E-state index contributed by atoms with van der Waals surface area (Å²) < 4.78 is 4.05. The normalized spacial score (nSPS) is 10.9. The highest BCUT2D eigenvalue weighted by atomic mass is 15.3. The summed E-state index contributed by atoms with van der Waals surface area (Å²) in [6.45, 7) is 1.61. The van der Waals surface area contributed by atoms with Gasteiger partial charge in [-0.2, -0.15) is 5.10 Å². The van der Waals surface area contributed by atoms with Gasteiger partial charge in [0.1, 0.15) is 5.82 Å². The molecule has 2 N–H and O–H groups in total. The van der Waals surface area contributed by atoms with Crippen molar-refractivity contribution in [3.63, 3.8) is 0 Å². The van der Waals surface area contributed by atoms with Gasteiger partial charge in [0, 0.05) is 31.6 Å². The Labute approximate surface area is 124 Å². The van der Waals surface area contributed by atoms with Gasteiger partial charge in [-0.15, -0.1) is 0 Å². The minimum Gasteiger partial charge on any atom is -0.335 e. The molecule has 0 aliphatic rings. The van der Waals surface area contributed by atoms with E-state index in [2.05, 4.69) is 20.8 Å². The van der Waals surface area contributed by atoms with E-state index in [1.54, 1.807) is 0 Å². The summed E-state index contributed by atoms with van der Waals surface area (Å²) in [5, 5.41) is 4.42. The number of aryl methyl sites for hydroxylation is 1. The second-order valence-electron chi connectivity index (χ2n) is 4.98. The zero-order valence-corrected chi connectivity index (χ0v) is 11.9. The molecule has 0 radical (unpaired) electrons. The lowest BCUT2D eigenvalue weighted by Crippen LogP contribution is -2.08. The van der Waals surface area contributed by atoms with E-state index in [1.165, 1.54) is 0 Å². The Balaban J connectivity index is 1.74. The summed E-state index contributed by atoms with van der Waals surface area (Å²) in [4.78, 5) is 4.43. The standard InChI is InChI=1S/C16H19N5/c17-7-4-9-20-10-8-18-16(20)11-14-12-19-21(13-14)15-5-2-1-3-6-15/h1-3,5-6,8,10,12-13H,4,7,9,11,17H2. The molecule has 1 aromatic carbocycles. The Kier molecular flexibility index (Phi) is 4.12. The third-order valence-electron chi connectivity index (χ3n) is 3.42. The molecule has 0 saturated carbocycles. The summed E-state index contributed by atoms with van der Waals surface area (Å²) in [5.41, 5.74) is 7.79. The van der Waals surface area contributed by atoms with Crippen molar-refractivity contribution in [1.29, 1.82) is 0 Å². The van der Waals surface area contributed by atoms with Crippen LogP contribution < -0.4 is 5.73 Å². The Bertz CT molecular complexity index is 684. The highest BCUT2D eigenvalue weighted by Gasteiger charge is 2.06. The van der Waals surface area contributed by atoms with Crippen LogP contribution in [0.15, 0.2) is 55.1 Å². The summed E-state index contributed by atoms with van der Waals surface area (Å²) in [6, 6.07) is 10.1. The first-order valence-electron chi connectivity index (χ1n) is 7.16. The molecule has 0 aliphatic heterocycles. The molecule has 0 saturated heterocycles. The molecule has 0 bridgehead atoms. The van der Waals surface area contributed by atoms with Gasteiger partial charge in [0.15, 0.2) is 0 Å². The zero-order valence-electron chi connectivity index (χ0n) is 11.9. The van der Waals surface area contributed by atoms with Crippen molar-refractivity contribution in [2.24, 2.45) is 5.73 Å². The van der Waals surface area contributed by atoms with Crippen molar-refractivity contribution in [3.8, 4) is 5.69 Å². The summed E-state index contributed by atoms with van der Waals surface area (Å²) >= 11 is 0. The number of para-hydroxylation sites is 1. The lowest BCUT2D eigenvalue weighted by Gasteiger charge is -2.05. The van der Waals surface area contributed by atoms with Gasteiger partial charge in [-0.25, -0.2) is 9.67 Å². The van der Waals surface area contributed by atoms with Crippen LogP contribution in [0.2, 0.25) is 0 Å². The second-order valence-corrected chi connectivity index (χ2v) is 4.98. The van der Waals surface area contributed by atoms with E-state index in [9.17, 15) is 0 Å². The Hall–Kier alpha value is -2.40. The number of rotatable bonds is 6. The van der Waals surface area contributed by atoms with Crippen LogP contribution in [-0.2, 0) is 13.0 Å². The highest BCUT2D eigenvalue weighted by molar-refractivity contribution is 5.31. The first-order valence-corrected chi connectivity index (χ1v) is 7.16. The molecule has 0 spiro atoms. The van der Waals surface area contributed by atoms with E-state index in [-0.39, 0.29) is 0 Å². The fraction of sp³-hybridized carbons (Fsp3) is 0.250. The van der Waals surface area contributed by atoms with Crippen molar-refractivity contribution in [2.45, 2.75) is 19.4 Å². The van der Waals surface area contributed by atoms with Gasteiger partial charge < -0.3 is 10.3 Å². The second kappa shape index (κ2) is 6.37. The van der Waals surface area contributed by atoms with Crippen LogP contribution in [0.5, 0.6) is 0 Å². The predicted molar refractivity (Wildman–Crippen MR) is 82.3 cm³/mol. The lowest BCUT2D eigenvalue weighted by atomic mass is 10.2. The fourth-order valence-corrected chi connectivity index (χ4v) is 2.33. The molecule has 0 fully saturated rings. The minimum absolute atomic E-state index is 0.698. The number of nitrogens with zero attached hydrogens (tertiary/aromatic N) is 4. The topological polar surface area (TPSA) is 61.7 Å². The number of aromatic nitrogens is 4. The Morgan fingerprint density at radius 3 is 2.81 bits per heavy atom. The number of hydrogen-bond acceptors (Lipinski definition) is 3. The van der Waals surface area contributed by atoms with E-state index in [0.717, 1.165) is 36.5 Å². The maximum atomic E-state index is 5.57. The highest BCUT2D eigenvalue weighted by Crippen LogP contribution is 2.11. The molecule has 3 aromatic rings. The predicted octanol–water partition coefficient (Wildman–Crippen LogP) is 2.01. The SMILES string of the molecule is NCCCn1ccnc1Cc1cnn(-c2ccccc2)c1. The molecule has 5 heteroatoms. The van der Waals surface area contributed by atoms with E-state index in [0.29, 0.717) is 6.54 Å². The van der Waals surface area contributed by atoms with Crippen molar-refractivity contribution in [3.05, 3.63) is 66.5 Å². The van der Waals surface area contributed by atoms with Gasteiger partial charge in [-0.1, -0.05) is 18.2 Å². The maximum Gasteiger partial charge on any atom is 0.113 e. The molecule has 2 heterocycles. The van der Waals surface area contributed by atoms with Crippen LogP contribution >= 0.6 is 0 Å². The van der Waals surface area contributed by atoms with Crippen LogP contribution in [0.3, 0.4) is 0 Å². The van der Waals surface area contributed by atoms with Gasteiger partial charge in [0.2, 0.25) is 0 Å². The Morgan fingerprint density at radius 2 is 2.00 bits per heavy atom. The number of imidazole rings is 1. The first-order chi connectivity index (χ1) is 10.4. The average molecular weight is 281 g/mol. The molecule has 0 unspecified atom stereocenters. The third-order valence-corrected chi connectivity index (χ3v) is 3.42. The maximum absolute atomic E-state index is 5.57. The van der Waals surface area contributed by atoms with Crippen LogP contribution in [0.1, 0.15) is 17.8 Å². The van der Waals surface area contributed by atoms with Gasteiger partial charge in [-0.05, 0) is 30.7 Å². The minimum atomic E-state index is 0.698. The molecule has 2 aromatic heterocycles. The van der Waals surface area contributed by atoms with Crippen molar-refractivity contribution in [1.82, 2.24) is 19.3 Å². The number of nitrogens with two attached hydrogens (primary N) is 1. The third kappa shape index (κ3) is 3.20. The number of benzene rings is 1. The van der Waals surface area contributed by atoms with E-state index in [1.807, 2.05) is 53.6 Å². The zero-order chi connectivity index (χ0) is 14.5. The van der Waals surface area contributed by atoms with Gasteiger partial charge in [-0.3, -0.25) is 0 Å². The molecule has 21 heavy (non-hydrogen) atoms. The molecule has 0 atom stereocenters. The van der Waals surface area contributed by atoms with Crippen molar-refractivity contribution in [2.75, 3.05) is 6.54 Å². The quantitative estimate of drug-likeness (QED) is 0.752. The van der Waals surface area contributed by atoms with Crippen molar-refractivity contribution >= 4 is 0 Å². The van der Waals surface area contributed by atoms with Gasteiger partial charge in [0.25, 0.3) is 0 Å². The van der Waals surface area contributed by atoms with Gasteiger partial charge in [0.05, 0.1) is 11.9 Å². The first kappa shape index (κ1) is 13.6. The molecule has 3 rings (SSSR count). The monoisotopic (exact) mass is 281 g/mol. The Morgan fingerprint density at radius 1 is 1.14 bits per heavy atom.